The number of hydrogen-bond donors (Lipinski definition) is 2. The minimum absolute atomic E-state index is 0.160. The zero-order chi connectivity index (χ0) is 20.8. The van der Waals surface area contributed by atoms with Crippen LogP contribution < -0.4 is 10.9 Å². The van der Waals surface area contributed by atoms with Crippen LogP contribution in [0.1, 0.15) is 44.2 Å². The third-order valence-electron chi connectivity index (χ3n) is 4.44. The third-order valence-corrected chi connectivity index (χ3v) is 4.44. The van der Waals surface area contributed by atoms with Crippen molar-refractivity contribution in [2.45, 2.75) is 39.2 Å². The molecule has 0 fully saturated rings. The number of nitrogens with one attached hydrogen (secondary N) is 2. The van der Waals surface area contributed by atoms with Gasteiger partial charge < -0.3 is 15.0 Å². The molecule has 2 aromatic carbocycles. The van der Waals surface area contributed by atoms with Crippen LogP contribution in [0.2, 0.25) is 0 Å². The summed E-state index contributed by atoms with van der Waals surface area (Å²) in [5.41, 5.74) is 1.91. The van der Waals surface area contributed by atoms with Crippen LogP contribution in [-0.4, -0.2) is 21.8 Å². The van der Waals surface area contributed by atoms with Gasteiger partial charge in [0.1, 0.15) is 11.9 Å². The molecule has 0 spiro atoms. The van der Waals surface area contributed by atoms with E-state index >= 15 is 0 Å². The van der Waals surface area contributed by atoms with Gasteiger partial charge >= 0.3 is 5.97 Å². The summed E-state index contributed by atoms with van der Waals surface area (Å²) < 4.78 is 5.48. The number of aryl methyl sites for hydroxylation is 1. The quantitative estimate of drug-likeness (QED) is 0.598. The molecular formula is C22H23N3O4. The van der Waals surface area contributed by atoms with Crippen LogP contribution in [0, 0.1) is 0 Å². The average Bonchev–Trinajstić information content (AvgIpc) is 2.68. The molecule has 150 valence electrons. The van der Waals surface area contributed by atoms with Crippen molar-refractivity contribution in [2.24, 2.45) is 0 Å². The molecule has 0 saturated carbocycles. The maximum Gasteiger partial charge on any atom is 0.306 e. The number of amides is 1. The standard InChI is InChI=1S/C22H23N3O4/c1-14(16-7-5-8-17(13-16)23-15(2)26)29-21(27)12-6-11-20-24-19-10-4-3-9-18(19)22(28)25-20/h3-5,7-10,13-14H,6,11-12H2,1-2H3,(H,23,26)(H,24,25,28). The second-order valence-electron chi connectivity index (χ2n) is 6.82. The van der Waals surface area contributed by atoms with E-state index in [0.717, 1.165) is 5.56 Å². The number of nitrogens with zero attached hydrogens (tertiary/aromatic N) is 1. The highest BCUT2D eigenvalue weighted by Gasteiger charge is 2.13. The van der Waals surface area contributed by atoms with Crippen LogP contribution >= 0.6 is 0 Å². The lowest BCUT2D eigenvalue weighted by molar-refractivity contribution is -0.148. The Kier molecular flexibility index (Phi) is 6.39. The predicted octanol–water partition coefficient (Wildman–Crippen LogP) is 3.51. The highest BCUT2D eigenvalue weighted by molar-refractivity contribution is 5.88. The lowest BCUT2D eigenvalue weighted by Gasteiger charge is -2.15. The van der Waals surface area contributed by atoms with Gasteiger partial charge in [-0.3, -0.25) is 14.4 Å². The van der Waals surface area contributed by atoms with Crippen LogP contribution in [0.15, 0.2) is 53.3 Å². The molecule has 3 aromatic rings. The van der Waals surface area contributed by atoms with Crippen LogP contribution in [0.3, 0.4) is 0 Å². The van der Waals surface area contributed by atoms with Gasteiger partial charge in [-0.05, 0) is 43.2 Å². The van der Waals surface area contributed by atoms with Crippen LogP contribution in [0.4, 0.5) is 5.69 Å². The minimum Gasteiger partial charge on any atom is -0.458 e. The van der Waals surface area contributed by atoms with E-state index in [4.69, 9.17) is 4.74 Å². The zero-order valence-electron chi connectivity index (χ0n) is 16.4. The summed E-state index contributed by atoms with van der Waals surface area (Å²) in [6.45, 7) is 3.22. The number of carbonyl (C=O) groups excluding carboxylic acids is 2. The van der Waals surface area contributed by atoms with E-state index in [1.165, 1.54) is 6.92 Å². The van der Waals surface area contributed by atoms with Gasteiger partial charge in [-0.15, -0.1) is 0 Å². The Morgan fingerprint density at radius 3 is 2.76 bits per heavy atom. The number of anilines is 1. The Labute approximate surface area is 168 Å². The summed E-state index contributed by atoms with van der Waals surface area (Å²) in [7, 11) is 0. The van der Waals surface area contributed by atoms with Gasteiger partial charge in [-0.1, -0.05) is 24.3 Å². The fourth-order valence-electron chi connectivity index (χ4n) is 3.05. The molecule has 2 N–H and O–H groups in total. The average molecular weight is 393 g/mol. The Morgan fingerprint density at radius 1 is 1.17 bits per heavy atom. The van der Waals surface area contributed by atoms with E-state index in [2.05, 4.69) is 15.3 Å². The molecule has 0 aliphatic carbocycles. The Bertz CT molecular complexity index is 1090. The monoisotopic (exact) mass is 393 g/mol. The normalized spacial score (nSPS) is 11.8. The topological polar surface area (TPSA) is 101 Å². The predicted molar refractivity (Wildman–Crippen MR) is 111 cm³/mol. The minimum atomic E-state index is -0.435. The van der Waals surface area contributed by atoms with E-state index < -0.39 is 6.10 Å². The number of aromatic amines is 1. The van der Waals surface area contributed by atoms with Crippen LogP contribution in [0.25, 0.3) is 10.9 Å². The van der Waals surface area contributed by atoms with E-state index in [9.17, 15) is 14.4 Å². The van der Waals surface area contributed by atoms with Crippen molar-refractivity contribution < 1.29 is 14.3 Å². The number of benzene rings is 2. The molecule has 0 saturated heterocycles. The van der Waals surface area contributed by atoms with Gasteiger partial charge in [-0.2, -0.15) is 0 Å². The number of carbonyl (C=O) groups is 2. The van der Waals surface area contributed by atoms with E-state index in [1.807, 2.05) is 12.1 Å². The summed E-state index contributed by atoms with van der Waals surface area (Å²) >= 11 is 0. The number of H-pyrrole nitrogens is 1. The zero-order valence-corrected chi connectivity index (χ0v) is 16.4. The van der Waals surface area contributed by atoms with Crippen molar-refractivity contribution in [1.29, 1.82) is 0 Å². The molecule has 7 nitrogen and oxygen atoms in total. The van der Waals surface area contributed by atoms with Gasteiger partial charge in [0.05, 0.1) is 10.9 Å². The first kappa shape index (κ1) is 20.3. The number of ether oxygens (including phenoxy) is 1. The summed E-state index contributed by atoms with van der Waals surface area (Å²) in [6.07, 6.45) is 0.766. The Hall–Kier alpha value is -3.48. The Balaban J connectivity index is 1.53. The first-order valence-corrected chi connectivity index (χ1v) is 9.47. The molecule has 0 bridgehead atoms. The fourth-order valence-corrected chi connectivity index (χ4v) is 3.05. The van der Waals surface area contributed by atoms with E-state index in [-0.39, 0.29) is 23.9 Å². The number of hydrogen-bond acceptors (Lipinski definition) is 5. The van der Waals surface area contributed by atoms with Gasteiger partial charge in [0.15, 0.2) is 0 Å². The van der Waals surface area contributed by atoms with Crippen molar-refractivity contribution in [1.82, 2.24) is 9.97 Å². The molecule has 0 aliphatic rings. The molecule has 1 heterocycles. The van der Waals surface area contributed by atoms with Gasteiger partial charge in [0.2, 0.25) is 5.91 Å². The number of para-hydroxylation sites is 1. The second-order valence-corrected chi connectivity index (χ2v) is 6.82. The lowest BCUT2D eigenvalue weighted by atomic mass is 10.1. The van der Waals surface area contributed by atoms with Crippen molar-refractivity contribution >= 4 is 28.5 Å². The van der Waals surface area contributed by atoms with Crippen LogP contribution in [0.5, 0.6) is 0 Å². The maximum atomic E-state index is 12.2. The third kappa shape index (κ3) is 5.51. The van der Waals surface area contributed by atoms with Gasteiger partial charge in [0, 0.05) is 25.5 Å². The number of fused-ring (bicyclic) bond motifs is 1. The summed E-state index contributed by atoms with van der Waals surface area (Å²) in [4.78, 5) is 42.6. The van der Waals surface area contributed by atoms with Crippen molar-refractivity contribution in [3.05, 3.63) is 70.3 Å². The lowest BCUT2D eigenvalue weighted by Crippen LogP contribution is -2.13. The fraction of sp³-hybridized carbons (Fsp3) is 0.273. The summed E-state index contributed by atoms with van der Waals surface area (Å²) in [6, 6.07) is 14.3. The first-order chi connectivity index (χ1) is 13.9. The highest BCUT2D eigenvalue weighted by Crippen LogP contribution is 2.21. The summed E-state index contributed by atoms with van der Waals surface area (Å²) in [5, 5.41) is 3.25. The molecule has 7 heteroatoms. The molecule has 0 radical (unpaired) electrons. The van der Waals surface area contributed by atoms with Crippen molar-refractivity contribution in [2.75, 3.05) is 5.32 Å². The van der Waals surface area contributed by atoms with Crippen LogP contribution in [-0.2, 0) is 20.7 Å². The highest BCUT2D eigenvalue weighted by atomic mass is 16.5. The molecule has 1 aromatic heterocycles. The molecule has 0 aliphatic heterocycles. The molecular weight excluding hydrogens is 370 g/mol. The molecule has 3 rings (SSSR count). The SMILES string of the molecule is CC(=O)Nc1cccc(C(C)OC(=O)CCCc2nc3ccccc3c(=O)[nH]2)c1. The molecule has 1 atom stereocenters. The Morgan fingerprint density at radius 2 is 1.97 bits per heavy atom. The smallest absolute Gasteiger partial charge is 0.306 e. The number of aromatic nitrogens is 2. The maximum absolute atomic E-state index is 12.2. The van der Waals surface area contributed by atoms with Crippen molar-refractivity contribution in [3.63, 3.8) is 0 Å². The van der Waals surface area contributed by atoms with Crippen molar-refractivity contribution in [3.8, 4) is 0 Å². The first-order valence-electron chi connectivity index (χ1n) is 9.47. The summed E-state index contributed by atoms with van der Waals surface area (Å²) in [5.74, 6) is 0.0651. The largest absolute Gasteiger partial charge is 0.458 e. The second kappa shape index (κ2) is 9.14. The van der Waals surface area contributed by atoms with E-state index in [1.54, 1.807) is 43.3 Å². The van der Waals surface area contributed by atoms with Gasteiger partial charge in [-0.25, -0.2) is 4.98 Å². The molecule has 1 unspecified atom stereocenters. The van der Waals surface area contributed by atoms with Gasteiger partial charge in [0.25, 0.3) is 5.56 Å². The number of rotatable bonds is 7. The number of esters is 1. The van der Waals surface area contributed by atoms with E-state index in [0.29, 0.717) is 35.3 Å². The molecule has 1 amide bonds. The molecule has 29 heavy (non-hydrogen) atoms.